The first-order valence-electron chi connectivity index (χ1n) is 5.08. The molecular weight excluding hydrogens is 228 g/mol. The highest BCUT2D eigenvalue weighted by molar-refractivity contribution is 8.01. The van der Waals surface area contributed by atoms with Crippen LogP contribution in [-0.2, 0) is 4.74 Å². The predicted octanol–water partition coefficient (Wildman–Crippen LogP) is 2.25. The lowest BCUT2D eigenvalue weighted by Gasteiger charge is -2.10. The number of hydrogen-bond acceptors (Lipinski definition) is 5. The van der Waals surface area contributed by atoms with Crippen molar-refractivity contribution in [3.63, 3.8) is 0 Å². The van der Waals surface area contributed by atoms with Gasteiger partial charge in [0.1, 0.15) is 4.34 Å². The van der Waals surface area contributed by atoms with Crippen LogP contribution in [0.3, 0.4) is 0 Å². The van der Waals surface area contributed by atoms with Gasteiger partial charge in [0.2, 0.25) is 0 Å². The van der Waals surface area contributed by atoms with Gasteiger partial charge >= 0.3 is 0 Å². The molecule has 1 aromatic heterocycles. The van der Waals surface area contributed by atoms with E-state index in [-0.39, 0.29) is 0 Å². The molecule has 0 spiro atoms. The van der Waals surface area contributed by atoms with Crippen molar-refractivity contribution >= 4 is 23.1 Å². The van der Waals surface area contributed by atoms with E-state index in [9.17, 15) is 0 Å². The number of rotatable bonds is 8. The van der Waals surface area contributed by atoms with E-state index in [4.69, 9.17) is 4.74 Å². The number of hydrogen-bond donors (Lipinski definition) is 1. The van der Waals surface area contributed by atoms with Crippen LogP contribution in [0.15, 0.2) is 15.9 Å². The van der Waals surface area contributed by atoms with E-state index in [1.165, 1.54) is 0 Å². The lowest BCUT2D eigenvalue weighted by Crippen LogP contribution is -2.24. The quantitative estimate of drug-likeness (QED) is 0.563. The standard InChI is InChI=1S/C10H18N2OS2/c1-9(8-11-4-3-6-13-2)15-10-12-5-7-14-10/h5,7,9,11H,3-4,6,8H2,1-2H3. The molecule has 0 bridgehead atoms. The van der Waals surface area contributed by atoms with Gasteiger partial charge in [-0.15, -0.1) is 11.3 Å². The molecule has 1 rings (SSSR count). The van der Waals surface area contributed by atoms with E-state index < -0.39 is 0 Å². The molecule has 0 saturated carbocycles. The van der Waals surface area contributed by atoms with Crippen molar-refractivity contribution in [3.8, 4) is 0 Å². The van der Waals surface area contributed by atoms with Crippen LogP contribution in [0.2, 0.25) is 0 Å². The summed E-state index contributed by atoms with van der Waals surface area (Å²) in [6.45, 7) is 5.10. The van der Waals surface area contributed by atoms with Crippen LogP contribution in [0.5, 0.6) is 0 Å². The molecule has 1 N–H and O–H groups in total. The van der Waals surface area contributed by atoms with Gasteiger partial charge in [0.25, 0.3) is 0 Å². The average Bonchev–Trinajstić information content (AvgIpc) is 2.70. The van der Waals surface area contributed by atoms with Crippen molar-refractivity contribution in [2.24, 2.45) is 0 Å². The van der Waals surface area contributed by atoms with Crippen molar-refractivity contribution < 1.29 is 4.74 Å². The fourth-order valence-corrected chi connectivity index (χ4v) is 3.04. The number of ether oxygens (including phenoxy) is 1. The summed E-state index contributed by atoms with van der Waals surface area (Å²) in [5.74, 6) is 0. The molecule has 15 heavy (non-hydrogen) atoms. The molecule has 0 aliphatic rings. The Morgan fingerprint density at radius 1 is 1.67 bits per heavy atom. The molecular formula is C10H18N2OS2. The van der Waals surface area contributed by atoms with Crippen molar-refractivity contribution in [2.75, 3.05) is 26.8 Å². The fourth-order valence-electron chi connectivity index (χ4n) is 1.13. The van der Waals surface area contributed by atoms with E-state index in [0.717, 1.165) is 30.5 Å². The molecule has 0 fully saturated rings. The smallest absolute Gasteiger partial charge is 0.150 e. The van der Waals surface area contributed by atoms with Crippen molar-refractivity contribution in [1.82, 2.24) is 10.3 Å². The normalized spacial score (nSPS) is 12.9. The summed E-state index contributed by atoms with van der Waals surface area (Å²) in [6.07, 6.45) is 2.93. The third-order valence-corrected chi connectivity index (χ3v) is 3.86. The first kappa shape index (κ1) is 13.0. The monoisotopic (exact) mass is 246 g/mol. The van der Waals surface area contributed by atoms with Gasteiger partial charge in [-0.05, 0) is 13.0 Å². The van der Waals surface area contributed by atoms with Crippen LogP contribution in [0.25, 0.3) is 0 Å². The Bertz CT molecular complexity index is 242. The first-order valence-corrected chi connectivity index (χ1v) is 6.84. The number of nitrogens with one attached hydrogen (secondary N) is 1. The Labute approximate surface area is 99.6 Å². The highest BCUT2D eigenvalue weighted by atomic mass is 32.2. The largest absolute Gasteiger partial charge is 0.385 e. The Balaban J connectivity index is 2.01. The number of thiazole rings is 1. The number of aromatic nitrogens is 1. The van der Waals surface area contributed by atoms with Crippen molar-refractivity contribution in [3.05, 3.63) is 11.6 Å². The van der Waals surface area contributed by atoms with E-state index in [1.807, 2.05) is 23.3 Å². The Kier molecular flexibility index (Phi) is 7.00. The molecule has 1 unspecified atom stereocenters. The second kappa shape index (κ2) is 8.10. The molecule has 0 radical (unpaired) electrons. The van der Waals surface area contributed by atoms with Crippen molar-refractivity contribution in [1.29, 1.82) is 0 Å². The van der Waals surface area contributed by atoms with Gasteiger partial charge in [-0.25, -0.2) is 4.98 Å². The summed E-state index contributed by atoms with van der Waals surface area (Å²) in [4.78, 5) is 4.25. The zero-order valence-corrected chi connectivity index (χ0v) is 10.9. The maximum atomic E-state index is 4.98. The summed E-state index contributed by atoms with van der Waals surface area (Å²) in [7, 11) is 1.74. The van der Waals surface area contributed by atoms with Crippen LogP contribution in [0.4, 0.5) is 0 Å². The molecule has 86 valence electrons. The Morgan fingerprint density at radius 2 is 2.53 bits per heavy atom. The molecule has 3 nitrogen and oxygen atoms in total. The minimum atomic E-state index is 0.568. The maximum absolute atomic E-state index is 4.98. The van der Waals surface area contributed by atoms with Crippen molar-refractivity contribution in [2.45, 2.75) is 22.9 Å². The summed E-state index contributed by atoms with van der Waals surface area (Å²) in [5, 5.41) is 5.99. The molecule has 0 aliphatic heterocycles. The maximum Gasteiger partial charge on any atom is 0.150 e. The third-order valence-electron chi connectivity index (χ3n) is 1.85. The van der Waals surface area contributed by atoms with Gasteiger partial charge in [0, 0.05) is 37.1 Å². The van der Waals surface area contributed by atoms with Gasteiger partial charge < -0.3 is 10.1 Å². The third kappa shape index (κ3) is 6.14. The topological polar surface area (TPSA) is 34.1 Å². The lowest BCUT2D eigenvalue weighted by molar-refractivity contribution is 0.194. The minimum Gasteiger partial charge on any atom is -0.385 e. The number of nitrogens with zero attached hydrogens (tertiary/aromatic N) is 1. The lowest BCUT2D eigenvalue weighted by atomic mass is 10.4. The van der Waals surface area contributed by atoms with Gasteiger partial charge in [-0.1, -0.05) is 18.7 Å². The Morgan fingerprint density at radius 3 is 3.20 bits per heavy atom. The molecule has 1 atom stereocenters. The number of thioether (sulfide) groups is 1. The van der Waals surface area contributed by atoms with Gasteiger partial charge in [-0.3, -0.25) is 0 Å². The fraction of sp³-hybridized carbons (Fsp3) is 0.700. The average molecular weight is 246 g/mol. The Hall–Kier alpha value is -0.100. The predicted molar refractivity (Wildman–Crippen MR) is 66.8 cm³/mol. The summed E-state index contributed by atoms with van der Waals surface area (Å²) < 4.78 is 6.13. The SMILES string of the molecule is COCCCNCC(C)Sc1nccs1. The highest BCUT2D eigenvalue weighted by Crippen LogP contribution is 2.24. The summed E-state index contributed by atoms with van der Waals surface area (Å²) in [6, 6.07) is 0. The van der Waals surface area contributed by atoms with E-state index in [1.54, 1.807) is 18.4 Å². The van der Waals surface area contributed by atoms with E-state index >= 15 is 0 Å². The van der Waals surface area contributed by atoms with Gasteiger partial charge in [0.15, 0.2) is 0 Å². The summed E-state index contributed by atoms with van der Waals surface area (Å²) >= 11 is 3.53. The number of methoxy groups -OCH3 is 1. The van der Waals surface area contributed by atoms with Gasteiger partial charge in [0.05, 0.1) is 0 Å². The highest BCUT2D eigenvalue weighted by Gasteiger charge is 2.05. The second-order valence-corrected chi connectivity index (χ2v) is 5.86. The van der Waals surface area contributed by atoms with Crippen LogP contribution in [0.1, 0.15) is 13.3 Å². The van der Waals surface area contributed by atoms with E-state index in [0.29, 0.717) is 5.25 Å². The van der Waals surface area contributed by atoms with Crippen LogP contribution < -0.4 is 5.32 Å². The van der Waals surface area contributed by atoms with Crippen LogP contribution in [-0.4, -0.2) is 37.0 Å². The van der Waals surface area contributed by atoms with Crippen LogP contribution in [0, 0.1) is 0 Å². The van der Waals surface area contributed by atoms with Gasteiger partial charge in [-0.2, -0.15) is 0 Å². The zero-order valence-electron chi connectivity index (χ0n) is 9.23. The molecule has 0 amide bonds. The zero-order chi connectivity index (χ0) is 10.9. The molecule has 1 heterocycles. The molecule has 1 aromatic rings. The molecule has 5 heteroatoms. The molecule has 0 aromatic carbocycles. The summed E-state index contributed by atoms with van der Waals surface area (Å²) in [5.41, 5.74) is 0. The molecule has 0 aliphatic carbocycles. The second-order valence-electron chi connectivity index (χ2n) is 3.28. The molecule has 0 saturated heterocycles. The van der Waals surface area contributed by atoms with Crippen LogP contribution >= 0.6 is 23.1 Å². The minimum absolute atomic E-state index is 0.568. The van der Waals surface area contributed by atoms with E-state index in [2.05, 4.69) is 17.2 Å². The first-order chi connectivity index (χ1) is 7.33.